The number of fused-ring (bicyclic) bond motifs is 1. The standard InChI is InChI=1S/C27H26N2O5S/c1-5-34-26(33)22-16(4)28-27-29(23(22)19-12-10-18(11-13-19)15(2)3)24(30)21(35-27)14-17-6-8-20(9-7-17)25(31)32/h6-15,23H,5H2,1-4H3,(H,31,32)/p-1/b21-14+/t23-/m1/s1. The van der Waals surface area contributed by atoms with Gasteiger partial charge in [-0.1, -0.05) is 73.7 Å². The molecule has 0 bridgehead atoms. The van der Waals surface area contributed by atoms with E-state index in [1.165, 1.54) is 28.0 Å². The van der Waals surface area contributed by atoms with E-state index in [1.54, 1.807) is 32.1 Å². The van der Waals surface area contributed by atoms with Gasteiger partial charge in [-0.2, -0.15) is 0 Å². The third-order valence-corrected chi connectivity index (χ3v) is 6.86. The molecule has 0 spiro atoms. The number of hydrogen-bond donors (Lipinski definition) is 0. The van der Waals surface area contributed by atoms with Gasteiger partial charge in [0.1, 0.15) is 0 Å². The SMILES string of the molecule is CCOC(=O)C1=C(C)N=c2s/c(=C/c3ccc(C(=O)[O-])cc3)c(=O)n2[C@@H]1c1ccc(C(C)C)cc1. The highest BCUT2D eigenvalue weighted by molar-refractivity contribution is 7.07. The van der Waals surface area contributed by atoms with E-state index in [2.05, 4.69) is 18.8 Å². The number of carboxylic acids is 1. The molecule has 3 aromatic rings. The number of allylic oxidation sites excluding steroid dienone is 1. The molecule has 0 N–H and O–H groups in total. The molecule has 1 aliphatic heterocycles. The summed E-state index contributed by atoms with van der Waals surface area (Å²) in [5, 5.41) is 11.0. The largest absolute Gasteiger partial charge is 0.545 e. The molecule has 1 aromatic heterocycles. The molecule has 8 heteroatoms. The van der Waals surface area contributed by atoms with E-state index in [9.17, 15) is 19.5 Å². The Hall–Kier alpha value is -3.78. The lowest BCUT2D eigenvalue weighted by molar-refractivity contribution is -0.255. The summed E-state index contributed by atoms with van der Waals surface area (Å²) in [7, 11) is 0. The highest BCUT2D eigenvalue weighted by atomic mass is 32.1. The first-order valence-electron chi connectivity index (χ1n) is 11.3. The van der Waals surface area contributed by atoms with Gasteiger partial charge < -0.3 is 14.6 Å². The van der Waals surface area contributed by atoms with Crippen LogP contribution in [-0.2, 0) is 9.53 Å². The Morgan fingerprint density at radius 1 is 1.14 bits per heavy atom. The van der Waals surface area contributed by atoms with E-state index in [0.29, 0.717) is 32.1 Å². The third-order valence-electron chi connectivity index (χ3n) is 5.88. The lowest BCUT2D eigenvalue weighted by Gasteiger charge is -2.25. The highest BCUT2D eigenvalue weighted by Gasteiger charge is 2.33. The van der Waals surface area contributed by atoms with Crippen molar-refractivity contribution >= 4 is 29.4 Å². The third kappa shape index (κ3) is 4.74. The molecular weight excluding hydrogens is 464 g/mol. The number of esters is 1. The quantitative estimate of drug-likeness (QED) is 0.495. The van der Waals surface area contributed by atoms with Gasteiger partial charge in [0, 0.05) is 0 Å². The molecule has 1 atom stereocenters. The van der Waals surface area contributed by atoms with E-state index in [4.69, 9.17) is 4.74 Å². The molecule has 1 aliphatic rings. The normalized spacial score (nSPS) is 15.7. The summed E-state index contributed by atoms with van der Waals surface area (Å²) in [6.07, 6.45) is 1.69. The zero-order valence-corrected chi connectivity index (χ0v) is 20.7. The van der Waals surface area contributed by atoms with Gasteiger partial charge in [0.15, 0.2) is 4.80 Å². The van der Waals surface area contributed by atoms with Crippen LogP contribution in [0.25, 0.3) is 6.08 Å². The average Bonchev–Trinajstić information content (AvgIpc) is 3.13. The topological polar surface area (TPSA) is 101 Å². The van der Waals surface area contributed by atoms with Gasteiger partial charge in [-0.05, 0) is 48.1 Å². The number of aromatic nitrogens is 1. The predicted molar refractivity (Wildman–Crippen MR) is 132 cm³/mol. The molecule has 0 aliphatic carbocycles. The van der Waals surface area contributed by atoms with Crippen molar-refractivity contribution in [3.05, 3.63) is 102 Å². The number of thiazole rings is 1. The summed E-state index contributed by atoms with van der Waals surface area (Å²) in [4.78, 5) is 42.6. The summed E-state index contributed by atoms with van der Waals surface area (Å²) in [6, 6.07) is 13.3. The predicted octanol–water partition coefficient (Wildman–Crippen LogP) is 2.29. The van der Waals surface area contributed by atoms with Crippen LogP contribution in [0, 0.1) is 0 Å². The Kier molecular flexibility index (Phi) is 6.84. The van der Waals surface area contributed by atoms with Crippen molar-refractivity contribution in [1.29, 1.82) is 0 Å². The number of carbonyl (C=O) groups excluding carboxylic acids is 2. The number of benzene rings is 2. The number of aromatic carboxylic acids is 1. The molecule has 180 valence electrons. The Bertz CT molecular complexity index is 1490. The van der Waals surface area contributed by atoms with Crippen LogP contribution in [-0.4, -0.2) is 23.1 Å². The Labute approximate surface area is 206 Å². The Morgan fingerprint density at radius 3 is 2.37 bits per heavy atom. The van der Waals surface area contributed by atoms with Crippen molar-refractivity contribution in [3.8, 4) is 0 Å². The van der Waals surface area contributed by atoms with E-state index in [-0.39, 0.29) is 17.7 Å². The lowest BCUT2D eigenvalue weighted by atomic mass is 9.93. The molecule has 2 heterocycles. The Morgan fingerprint density at radius 2 is 1.80 bits per heavy atom. The minimum Gasteiger partial charge on any atom is -0.545 e. The molecule has 0 radical (unpaired) electrons. The first-order valence-corrected chi connectivity index (χ1v) is 12.1. The lowest BCUT2D eigenvalue weighted by Crippen LogP contribution is -2.39. The van der Waals surface area contributed by atoms with Gasteiger partial charge in [0.2, 0.25) is 0 Å². The zero-order valence-electron chi connectivity index (χ0n) is 19.9. The summed E-state index contributed by atoms with van der Waals surface area (Å²) in [5.74, 6) is -1.42. The van der Waals surface area contributed by atoms with Crippen LogP contribution in [0.1, 0.15) is 66.7 Å². The van der Waals surface area contributed by atoms with Crippen molar-refractivity contribution in [3.63, 3.8) is 0 Å². The van der Waals surface area contributed by atoms with Gasteiger partial charge in [-0.15, -0.1) is 0 Å². The molecule has 2 aromatic carbocycles. The molecule has 0 amide bonds. The van der Waals surface area contributed by atoms with Crippen molar-refractivity contribution in [1.82, 2.24) is 4.57 Å². The van der Waals surface area contributed by atoms with Crippen LogP contribution >= 0.6 is 11.3 Å². The smallest absolute Gasteiger partial charge is 0.338 e. The maximum Gasteiger partial charge on any atom is 0.338 e. The Balaban J connectivity index is 1.89. The average molecular weight is 490 g/mol. The molecule has 0 fully saturated rings. The first kappa shape index (κ1) is 24.3. The molecule has 4 rings (SSSR count). The van der Waals surface area contributed by atoms with Gasteiger partial charge >= 0.3 is 5.97 Å². The van der Waals surface area contributed by atoms with E-state index in [0.717, 1.165) is 11.1 Å². The van der Waals surface area contributed by atoms with Crippen LogP contribution in [0.15, 0.2) is 69.6 Å². The minimum atomic E-state index is -1.26. The molecule has 7 nitrogen and oxygen atoms in total. The fourth-order valence-corrected chi connectivity index (χ4v) is 5.08. The number of ether oxygens (including phenoxy) is 1. The maximum absolute atomic E-state index is 13.6. The fraction of sp³-hybridized carbons (Fsp3) is 0.259. The maximum atomic E-state index is 13.6. The van der Waals surface area contributed by atoms with Crippen molar-refractivity contribution in [2.45, 2.75) is 39.7 Å². The van der Waals surface area contributed by atoms with Gasteiger partial charge in [0.05, 0.1) is 34.4 Å². The van der Waals surface area contributed by atoms with E-state index < -0.39 is 18.0 Å². The number of rotatable bonds is 6. The molecule has 0 unspecified atom stereocenters. The second kappa shape index (κ2) is 9.84. The number of carbonyl (C=O) groups is 2. The van der Waals surface area contributed by atoms with Crippen molar-refractivity contribution < 1.29 is 19.4 Å². The van der Waals surface area contributed by atoms with Crippen LogP contribution in [0.2, 0.25) is 0 Å². The van der Waals surface area contributed by atoms with Gasteiger partial charge in [-0.3, -0.25) is 9.36 Å². The molecular formula is C27H25N2O5S-. The molecule has 0 saturated carbocycles. The first-order chi connectivity index (χ1) is 16.7. The summed E-state index contributed by atoms with van der Waals surface area (Å²) in [6.45, 7) is 7.90. The zero-order chi connectivity index (χ0) is 25.3. The number of hydrogen-bond acceptors (Lipinski definition) is 7. The molecule has 0 saturated heterocycles. The summed E-state index contributed by atoms with van der Waals surface area (Å²) in [5.41, 5.74) is 3.22. The van der Waals surface area contributed by atoms with Crippen LogP contribution in [0.5, 0.6) is 0 Å². The van der Waals surface area contributed by atoms with Crippen LogP contribution < -0.4 is 20.0 Å². The van der Waals surface area contributed by atoms with Crippen LogP contribution in [0.3, 0.4) is 0 Å². The summed E-state index contributed by atoms with van der Waals surface area (Å²) >= 11 is 1.22. The summed E-state index contributed by atoms with van der Waals surface area (Å²) < 4.78 is 7.28. The van der Waals surface area contributed by atoms with Crippen molar-refractivity contribution in [2.24, 2.45) is 4.99 Å². The van der Waals surface area contributed by atoms with E-state index >= 15 is 0 Å². The second-order valence-corrected chi connectivity index (χ2v) is 9.54. The monoisotopic (exact) mass is 489 g/mol. The van der Waals surface area contributed by atoms with E-state index in [1.807, 2.05) is 24.3 Å². The number of nitrogens with zero attached hydrogens (tertiary/aromatic N) is 2. The van der Waals surface area contributed by atoms with Crippen molar-refractivity contribution in [2.75, 3.05) is 6.61 Å². The second-order valence-electron chi connectivity index (χ2n) is 8.53. The number of carboxylic acid groups (broad SMARTS) is 1. The molecule has 35 heavy (non-hydrogen) atoms. The minimum absolute atomic E-state index is 0.0585. The van der Waals surface area contributed by atoms with Crippen LogP contribution in [0.4, 0.5) is 0 Å². The van der Waals surface area contributed by atoms with Gasteiger partial charge in [-0.25, -0.2) is 9.79 Å². The van der Waals surface area contributed by atoms with Gasteiger partial charge in [0.25, 0.3) is 5.56 Å². The fourth-order valence-electron chi connectivity index (χ4n) is 4.04. The highest BCUT2D eigenvalue weighted by Crippen LogP contribution is 2.31.